The van der Waals surface area contributed by atoms with Gasteiger partial charge in [0.1, 0.15) is 0 Å². The third-order valence-electron chi connectivity index (χ3n) is 4.34. The molecule has 3 aliphatic carbocycles. The molecule has 0 aliphatic heterocycles. The summed E-state index contributed by atoms with van der Waals surface area (Å²) in [6.45, 7) is 0.610. The standard InChI is InChI=1S/C13H22N2O/c14-7-11(8-1-2-8)15-13(16)12(9-3-4-9)10-5-6-10/h8-12H,1-7,14H2,(H,15,16). The Balaban J connectivity index is 1.57. The van der Waals surface area contributed by atoms with Crippen molar-refractivity contribution < 1.29 is 4.79 Å². The van der Waals surface area contributed by atoms with Crippen LogP contribution in [0.25, 0.3) is 0 Å². The van der Waals surface area contributed by atoms with Crippen molar-refractivity contribution in [1.29, 1.82) is 0 Å². The summed E-state index contributed by atoms with van der Waals surface area (Å²) in [5, 5.41) is 3.21. The first-order valence-corrected chi connectivity index (χ1v) is 6.80. The zero-order valence-corrected chi connectivity index (χ0v) is 9.82. The molecule has 0 aromatic carbocycles. The third kappa shape index (κ3) is 2.24. The van der Waals surface area contributed by atoms with Gasteiger partial charge >= 0.3 is 0 Å². The fraction of sp³-hybridized carbons (Fsp3) is 0.923. The van der Waals surface area contributed by atoms with Crippen LogP contribution in [0, 0.1) is 23.7 Å². The van der Waals surface area contributed by atoms with E-state index in [2.05, 4.69) is 5.32 Å². The monoisotopic (exact) mass is 222 g/mol. The molecule has 3 fully saturated rings. The summed E-state index contributed by atoms with van der Waals surface area (Å²) in [6, 6.07) is 0.257. The van der Waals surface area contributed by atoms with Crippen molar-refractivity contribution in [2.45, 2.75) is 44.6 Å². The maximum absolute atomic E-state index is 12.2. The first-order valence-electron chi connectivity index (χ1n) is 6.80. The Kier molecular flexibility index (Phi) is 2.66. The smallest absolute Gasteiger partial charge is 0.223 e. The molecule has 0 radical (unpaired) electrons. The van der Waals surface area contributed by atoms with E-state index in [4.69, 9.17) is 5.73 Å². The second-order valence-electron chi connectivity index (χ2n) is 5.89. The number of carbonyl (C=O) groups excluding carboxylic acids is 1. The molecule has 3 saturated carbocycles. The quantitative estimate of drug-likeness (QED) is 0.711. The maximum atomic E-state index is 12.2. The number of hydrogen-bond donors (Lipinski definition) is 2. The van der Waals surface area contributed by atoms with E-state index in [1.54, 1.807) is 0 Å². The second kappa shape index (κ2) is 4.02. The molecule has 0 bridgehead atoms. The van der Waals surface area contributed by atoms with Crippen LogP contribution in [0.4, 0.5) is 0 Å². The van der Waals surface area contributed by atoms with E-state index in [-0.39, 0.29) is 6.04 Å². The van der Waals surface area contributed by atoms with Crippen molar-refractivity contribution in [3.8, 4) is 0 Å². The molecule has 0 aromatic rings. The van der Waals surface area contributed by atoms with Gasteiger partial charge in [-0.05, 0) is 56.3 Å². The molecule has 16 heavy (non-hydrogen) atoms. The van der Waals surface area contributed by atoms with Gasteiger partial charge in [0.15, 0.2) is 0 Å². The predicted octanol–water partition coefficient (Wildman–Crippen LogP) is 1.28. The molecular weight excluding hydrogens is 200 g/mol. The predicted molar refractivity (Wildman–Crippen MR) is 62.6 cm³/mol. The average Bonchev–Trinajstić information content (AvgIpc) is 3.15. The summed E-state index contributed by atoms with van der Waals surface area (Å²) in [5.74, 6) is 2.71. The molecule has 0 spiro atoms. The van der Waals surface area contributed by atoms with Crippen LogP contribution >= 0.6 is 0 Å². The van der Waals surface area contributed by atoms with E-state index in [1.807, 2.05) is 0 Å². The number of carbonyl (C=O) groups is 1. The first kappa shape index (κ1) is 10.6. The lowest BCUT2D eigenvalue weighted by atomic mass is 9.96. The molecule has 1 unspecified atom stereocenters. The summed E-state index contributed by atoms with van der Waals surface area (Å²) in [4.78, 5) is 12.2. The zero-order valence-electron chi connectivity index (χ0n) is 9.82. The highest BCUT2D eigenvalue weighted by atomic mass is 16.2. The van der Waals surface area contributed by atoms with Gasteiger partial charge in [0.25, 0.3) is 0 Å². The summed E-state index contributed by atoms with van der Waals surface area (Å²) in [5.41, 5.74) is 5.73. The summed E-state index contributed by atoms with van der Waals surface area (Å²) >= 11 is 0. The van der Waals surface area contributed by atoms with Crippen LogP contribution in [-0.2, 0) is 4.79 Å². The molecule has 3 aliphatic rings. The van der Waals surface area contributed by atoms with Crippen LogP contribution in [0.3, 0.4) is 0 Å². The lowest BCUT2D eigenvalue weighted by Gasteiger charge is -2.21. The van der Waals surface area contributed by atoms with E-state index >= 15 is 0 Å². The summed E-state index contributed by atoms with van der Waals surface area (Å²) in [7, 11) is 0. The van der Waals surface area contributed by atoms with Crippen molar-refractivity contribution >= 4 is 5.91 Å². The topological polar surface area (TPSA) is 55.1 Å². The molecular formula is C13H22N2O. The number of nitrogens with two attached hydrogens (primary N) is 1. The Bertz CT molecular complexity index is 268. The third-order valence-corrected chi connectivity index (χ3v) is 4.34. The van der Waals surface area contributed by atoms with E-state index in [0.717, 1.165) is 0 Å². The molecule has 1 amide bonds. The SMILES string of the molecule is NCC(NC(=O)C(C1CC1)C1CC1)C1CC1. The van der Waals surface area contributed by atoms with Crippen LogP contribution < -0.4 is 11.1 Å². The minimum absolute atomic E-state index is 0.257. The largest absolute Gasteiger partial charge is 0.352 e. The van der Waals surface area contributed by atoms with Crippen LogP contribution in [0.5, 0.6) is 0 Å². The Morgan fingerprint density at radius 2 is 1.56 bits per heavy atom. The molecule has 0 aromatic heterocycles. The zero-order chi connectivity index (χ0) is 11.1. The summed E-state index contributed by atoms with van der Waals surface area (Å²) < 4.78 is 0. The Morgan fingerprint density at radius 1 is 1.06 bits per heavy atom. The molecule has 90 valence electrons. The maximum Gasteiger partial charge on any atom is 0.223 e. The minimum atomic E-state index is 0.257. The highest BCUT2D eigenvalue weighted by Gasteiger charge is 2.46. The first-order chi connectivity index (χ1) is 7.79. The van der Waals surface area contributed by atoms with Gasteiger partial charge in [0, 0.05) is 18.5 Å². The molecule has 3 heteroatoms. The number of amides is 1. The van der Waals surface area contributed by atoms with E-state index in [9.17, 15) is 4.79 Å². The van der Waals surface area contributed by atoms with Crippen LogP contribution in [0.15, 0.2) is 0 Å². The molecule has 1 atom stereocenters. The van der Waals surface area contributed by atoms with E-state index < -0.39 is 0 Å². The molecule has 3 rings (SSSR count). The van der Waals surface area contributed by atoms with Gasteiger partial charge in [-0.25, -0.2) is 0 Å². The van der Waals surface area contributed by atoms with Crippen LogP contribution in [0.1, 0.15) is 38.5 Å². The van der Waals surface area contributed by atoms with E-state index in [1.165, 1.54) is 38.5 Å². The summed E-state index contributed by atoms with van der Waals surface area (Å²) in [6.07, 6.45) is 7.58. The highest BCUT2D eigenvalue weighted by Crippen LogP contribution is 2.49. The van der Waals surface area contributed by atoms with Crippen molar-refractivity contribution in [2.75, 3.05) is 6.54 Å². The van der Waals surface area contributed by atoms with Crippen LogP contribution in [0.2, 0.25) is 0 Å². The van der Waals surface area contributed by atoms with Gasteiger partial charge in [-0.15, -0.1) is 0 Å². The van der Waals surface area contributed by atoms with E-state index in [0.29, 0.717) is 36.1 Å². The van der Waals surface area contributed by atoms with Gasteiger partial charge in [0.2, 0.25) is 5.91 Å². The van der Waals surface area contributed by atoms with Crippen molar-refractivity contribution in [2.24, 2.45) is 29.4 Å². The van der Waals surface area contributed by atoms with Crippen molar-refractivity contribution in [1.82, 2.24) is 5.32 Å². The minimum Gasteiger partial charge on any atom is -0.352 e. The molecule has 3 N–H and O–H groups in total. The lowest BCUT2D eigenvalue weighted by Crippen LogP contribution is -2.45. The van der Waals surface area contributed by atoms with Gasteiger partial charge < -0.3 is 11.1 Å². The van der Waals surface area contributed by atoms with Gasteiger partial charge in [0.05, 0.1) is 0 Å². The second-order valence-corrected chi connectivity index (χ2v) is 5.89. The number of hydrogen-bond acceptors (Lipinski definition) is 2. The average molecular weight is 222 g/mol. The Hall–Kier alpha value is -0.570. The number of rotatable bonds is 6. The fourth-order valence-electron chi connectivity index (χ4n) is 2.87. The molecule has 3 nitrogen and oxygen atoms in total. The van der Waals surface area contributed by atoms with Crippen molar-refractivity contribution in [3.63, 3.8) is 0 Å². The van der Waals surface area contributed by atoms with Gasteiger partial charge in [-0.1, -0.05) is 0 Å². The fourth-order valence-corrected chi connectivity index (χ4v) is 2.87. The van der Waals surface area contributed by atoms with Crippen LogP contribution in [-0.4, -0.2) is 18.5 Å². The normalized spacial score (nSPS) is 26.9. The Morgan fingerprint density at radius 3 is 1.94 bits per heavy atom. The molecule has 0 saturated heterocycles. The Labute approximate surface area is 97.2 Å². The lowest BCUT2D eigenvalue weighted by molar-refractivity contribution is -0.127. The van der Waals surface area contributed by atoms with Gasteiger partial charge in [-0.2, -0.15) is 0 Å². The van der Waals surface area contributed by atoms with Gasteiger partial charge in [-0.3, -0.25) is 4.79 Å². The number of nitrogens with one attached hydrogen (secondary N) is 1. The molecule has 0 heterocycles. The van der Waals surface area contributed by atoms with Crippen molar-refractivity contribution in [3.05, 3.63) is 0 Å². The highest BCUT2D eigenvalue weighted by molar-refractivity contribution is 5.80.